The van der Waals surface area contributed by atoms with Gasteiger partial charge in [0.2, 0.25) is 0 Å². The average molecular weight is 300 g/mol. The van der Waals surface area contributed by atoms with Crippen molar-refractivity contribution in [2.75, 3.05) is 32.5 Å². The lowest BCUT2D eigenvalue weighted by Gasteiger charge is -2.11. The number of likely N-dealkylation sites (N-methyl/N-ethyl adjacent to an activating group) is 1. The van der Waals surface area contributed by atoms with Gasteiger partial charge in [0.05, 0.1) is 0 Å². The summed E-state index contributed by atoms with van der Waals surface area (Å²) >= 11 is 0. The van der Waals surface area contributed by atoms with E-state index in [4.69, 9.17) is 0 Å². The molecular formula is C15H20N6O. The third kappa shape index (κ3) is 5.10. The number of rotatable bonds is 7. The predicted octanol–water partition coefficient (Wildman–Crippen LogP) is 0.775. The molecule has 2 rings (SSSR count). The quantitative estimate of drug-likeness (QED) is 0.786. The zero-order valence-electron chi connectivity index (χ0n) is 12.8. The molecule has 0 atom stereocenters. The van der Waals surface area contributed by atoms with E-state index in [0.717, 1.165) is 18.7 Å². The lowest BCUT2D eigenvalue weighted by Crippen LogP contribution is -2.24. The number of hydrogen-bond donors (Lipinski definition) is 2. The Morgan fingerprint density at radius 2 is 2.18 bits per heavy atom. The van der Waals surface area contributed by atoms with Crippen LogP contribution in [0.3, 0.4) is 0 Å². The maximum atomic E-state index is 12.1. The van der Waals surface area contributed by atoms with E-state index >= 15 is 0 Å². The van der Waals surface area contributed by atoms with E-state index in [1.54, 1.807) is 18.5 Å². The highest BCUT2D eigenvalue weighted by Crippen LogP contribution is 2.04. The third-order valence-corrected chi connectivity index (χ3v) is 2.94. The Hall–Kier alpha value is -2.54. The summed E-state index contributed by atoms with van der Waals surface area (Å²) in [6.45, 7) is 2.05. The Balaban J connectivity index is 1.89. The lowest BCUT2D eigenvalue weighted by molar-refractivity contribution is 0.0945. The van der Waals surface area contributed by atoms with Crippen molar-refractivity contribution in [3.05, 3.63) is 48.2 Å². The van der Waals surface area contributed by atoms with Gasteiger partial charge in [-0.05, 0) is 25.7 Å². The topological polar surface area (TPSA) is 83.0 Å². The number of anilines is 1. The van der Waals surface area contributed by atoms with Gasteiger partial charge in [-0.1, -0.05) is 6.07 Å². The van der Waals surface area contributed by atoms with Crippen LogP contribution in [0.25, 0.3) is 0 Å². The first kappa shape index (κ1) is 15.8. The zero-order valence-corrected chi connectivity index (χ0v) is 12.8. The first-order valence-corrected chi connectivity index (χ1v) is 7.03. The highest BCUT2D eigenvalue weighted by Gasteiger charge is 2.08. The molecule has 0 fully saturated rings. The van der Waals surface area contributed by atoms with Crippen LogP contribution in [0.15, 0.2) is 36.9 Å². The van der Waals surface area contributed by atoms with Crippen LogP contribution in [0.5, 0.6) is 0 Å². The molecule has 2 heterocycles. The normalized spacial score (nSPS) is 10.5. The van der Waals surface area contributed by atoms with Gasteiger partial charge < -0.3 is 15.5 Å². The second-order valence-electron chi connectivity index (χ2n) is 5.06. The molecule has 0 bridgehead atoms. The van der Waals surface area contributed by atoms with Crippen molar-refractivity contribution in [2.45, 2.75) is 6.54 Å². The molecule has 116 valence electrons. The van der Waals surface area contributed by atoms with Crippen molar-refractivity contribution >= 4 is 11.7 Å². The Morgan fingerprint density at radius 3 is 2.91 bits per heavy atom. The van der Waals surface area contributed by atoms with E-state index in [2.05, 4.69) is 30.5 Å². The standard InChI is InChI=1S/C15H20N6O/c1-21(2)7-6-17-14-8-13(19-11-20-14)15(22)18-10-12-4-3-5-16-9-12/h3-5,8-9,11H,6-7,10H2,1-2H3,(H,18,22)(H,17,19,20). The molecule has 0 unspecified atom stereocenters. The van der Waals surface area contributed by atoms with Gasteiger partial charge in [-0.25, -0.2) is 9.97 Å². The van der Waals surface area contributed by atoms with E-state index in [0.29, 0.717) is 18.1 Å². The lowest BCUT2D eigenvalue weighted by atomic mass is 10.3. The van der Waals surface area contributed by atoms with Crippen molar-refractivity contribution in [2.24, 2.45) is 0 Å². The zero-order chi connectivity index (χ0) is 15.8. The molecule has 1 amide bonds. The van der Waals surface area contributed by atoms with Gasteiger partial charge >= 0.3 is 0 Å². The van der Waals surface area contributed by atoms with E-state index in [-0.39, 0.29) is 5.91 Å². The highest BCUT2D eigenvalue weighted by molar-refractivity contribution is 5.92. The van der Waals surface area contributed by atoms with Gasteiger partial charge in [-0.2, -0.15) is 0 Å². The number of nitrogens with zero attached hydrogens (tertiary/aromatic N) is 4. The molecule has 0 aromatic carbocycles. The molecule has 0 aliphatic carbocycles. The molecule has 0 saturated carbocycles. The molecule has 0 spiro atoms. The number of nitrogens with one attached hydrogen (secondary N) is 2. The molecule has 22 heavy (non-hydrogen) atoms. The molecule has 0 saturated heterocycles. The summed E-state index contributed by atoms with van der Waals surface area (Å²) in [4.78, 5) is 26.3. The summed E-state index contributed by atoms with van der Waals surface area (Å²) < 4.78 is 0. The molecule has 0 aliphatic rings. The van der Waals surface area contributed by atoms with Crippen molar-refractivity contribution in [1.29, 1.82) is 0 Å². The molecule has 7 heteroatoms. The first-order valence-electron chi connectivity index (χ1n) is 7.03. The molecular weight excluding hydrogens is 280 g/mol. The molecule has 7 nitrogen and oxygen atoms in total. The molecule has 2 aromatic rings. The minimum absolute atomic E-state index is 0.234. The van der Waals surface area contributed by atoms with Crippen LogP contribution >= 0.6 is 0 Å². The van der Waals surface area contributed by atoms with Crippen LogP contribution in [0, 0.1) is 0 Å². The maximum absolute atomic E-state index is 12.1. The molecule has 2 aromatic heterocycles. The van der Waals surface area contributed by atoms with Crippen LogP contribution in [0.4, 0.5) is 5.82 Å². The predicted molar refractivity (Wildman–Crippen MR) is 84.5 cm³/mol. The fraction of sp³-hybridized carbons (Fsp3) is 0.333. The van der Waals surface area contributed by atoms with Crippen LogP contribution in [0.1, 0.15) is 16.1 Å². The second kappa shape index (κ2) is 8.04. The van der Waals surface area contributed by atoms with Gasteiger partial charge in [0, 0.05) is 38.1 Å². The summed E-state index contributed by atoms with van der Waals surface area (Å²) in [6.07, 6.45) is 4.80. The van der Waals surface area contributed by atoms with Gasteiger partial charge in [0.15, 0.2) is 0 Å². The summed E-state index contributed by atoms with van der Waals surface area (Å²) in [5.74, 6) is 0.408. The molecule has 2 N–H and O–H groups in total. The van der Waals surface area contributed by atoms with E-state index in [1.807, 2.05) is 26.2 Å². The summed E-state index contributed by atoms with van der Waals surface area (Å²) in [5.41, 5.74) is 1.28. The van der Waals surface area contributed by atoms with Crippen LogP contribution in [-0.2, 0) is 6.54 Å². The van der Waals surface area contributed by atoms with Crippen molar-refractivity contribution < 1.29 is 4.79 Å². The van der Waals surface area contributed by atoms with Crippen LogP contribution < -0.4 is 10.6 Å². The largest absolute Gasteiger partial charge is 0.369 e. The number of pyridine rings is 1. The minimum Gasteiger partial charge on any atom is -0.369 e. The SMILES string of the molecule is CN(C)CCNc1cc(C(=O)NCc2cccnc2)ncn1. The fourth-order valence-electron chi connectivity index (χ4n) is 1.76. The maximum Gasteiger partial charge on any atom is 0.270 e. The van der Waals surface area contributed by atoms with E-state index in [1.165, 1.54) is 6.33 Å². The van der Waals surface area contributed by atoms with Gasteiger partial charge in [-0.3, -0.25) is 9.78 Å². The number of aromatic nitrogens is 3. The Morgan fingerprint density at radius 1 is 1.32 bits per heavy atom. The van der Waals surface area contributed by atoms with Crippen LogP contribution in [-0.4, -0.2) is 52.9 Å². The van der Waals surface area contributed by atoms with Gasteiger partial charge in [0.25, 0.3) is 5.91 Å². The van der Waals surface area contributed by atoms with E-state index in [9.17, 15) is 4.79 Å². The van der Waals surface area contributed by atoms with Gasteiger partial charge in [0.1, 0.15) is 17.8 Å². The minimum atomic E-state index is -0.234. The van der Waals surface area contributed by atoms with Crippen LogP contribution in [0.2, 0.25) is 0 Å². The number of hydrogen-bond acceptors (Lipinski definition) is 6. The number of carbonyl (C=O) groups excluding carboxylic acids is 1. The smallest absolute Gasteiger partial charge is 0.270 e. The van der Waals surface area contributed by atoms with Gasteiger partial charge in [-0.15, -0.1) is 0 Å². The Labute approximate surface area is 129 Å². The summed E-state index contributed by atoms with van der Waals surface area (Å²) in [5, 5.41) is 5.97. The van der Waals surface area contributed by atoms with Crippen molar-refractivity contribution in [1.82, 2.24) is 25.2 Å². The first-order chi connectivity index (χ1) is 10.6. The monoisotopic (exact) mass is 300 g/mol. The summed E-state index contributed by atoms with van der Waals surface area (Å²) in [6, 6.07) is 5.38. The van der Waals surface area contributed by atoms with Crippen molar-refractivity contribution in [3.8, 4) is 0 Å². The second-order valence-corrected chi connectivity index (χ2v) is 5.06. The molecule has 0 radical (unpaired) electrons. The number of amides is 1. The fourth-order valence-corrected chi connectivity index (χ4v) is 1.76. The molecule has 0 aliphatic heterocycles. The Bertz CT molecular complexity index is 602. The van der Waals surface area contributed by atoms with Crippen molar-refractivity contribution in [3.63, 3.8) is 0 Å². The average Bonchev–Trinajstić information content (AvgIpc) is 2.53. The Kier molecular flexibility index (Phi) is 5.79. The van der Waals surface area contributed by atoms with E-state index < -0.39 is 0 Å². The summed E-state index contributed by atoms with van der Waals surface area (Å²) in [7, 11) is 4.00. The highest BCUT2D eigenvalue weighted by atomic mass is 16.1. The third-order valence-electron chi connectivity index (χ3n) is 2.94. The number of carbonyl (C=O) groups is 1.